The van der Waals surface area contributed by atoms with Gasteiger partial charge in [-0.15, -0.1) is 0 Å². The summed E-state index contributed by atoms with van der Waals surface area (Å²) in [6.45, 7) is 7.46. The van der Waals surface area contributed by atoms with Gasteiger partial charge in [-0.05, 0) is 31.1 Å². The number of carboxylic acids is 2. The van der Waals surface area contributed by atoms with E-state index in [-0.39, 0.29) is 31.2 Å². The van der Waals surface area contributed by atoms with E-state index < -0.39 is 53.8 Å². The monoisotopic (exact) mass is 470 g/mol. The molecular formula is C22H38N4O7. The van der Waals surface area contributed by atoms with Gasteiger partial charge in [-0.1, -0.05) is 40.5 Å². The molecule has 1 aliphatic heterocycles. The zero-order valence-electron chi connectivity index (χ0n) is 19.9. The minimum absolute atomic E-state index is 0.140. The van der Waals surface area contributed by atoms with Gasteiger partial charge in [-0.3, -0.25) is 19.2 Å². The lowest BCUT2D eigenvalue weighted by atomic mass is 9.98. The average Bonchev–Trinajstić information content (AvgIpc) is 3.27. The second kappa shape index (κ2) is 13.1. The molecule has 1 fully saturated rings. The third kappa shape index (κ3) is 7.99. The molecular weight excluding hydrogens is 432 g/mol. The first-order valence-corrected chi connectivity index (χ1v) is 11.6. The molecule has 188 valence electrons. The van der Waals surface area contributed by atoms with E-state index in [2.05, 4.69) is 10.6 Å². The first kappa shape index (κ1) is 28.3. The van der Waals surface area contributed by atoms with Crippen molar-refractivity contribution in [3.8, 4) is 0 Å². The van der Waals surface area contributed by atoms with Gasteiger partial charge >= 0.3 is 11.9 Å². The molecule has 0 saturated carbocycles. The molecule has 0 aromatic carbocycles. The summed E-state index contributed by atoms with van der Waals surface area (Å²) in [4.78, 5) is 62.7. The molecule has 1 aliphatic rings. The first-order chi connectivity index (χ1) is 15.4. The molecule has 6 unspecified atom stereocenters. The number of nitrogens with one attached hydrogen (secondary N) is 2. The number of nitrogens with zero attached hydrogens (tertiary/aromatic N) is 1. The van der Waals surface area contributed by atoms with Gasteiger partial charge in [0.15, 0.2) is 0 Å². The Bertz CT molecular complexity index is 730. The number of carboxylic acid groups (broad SMARTS) is 2. The normalized spacial score (nSPS) is 20.3. The molecule has 11 heteroatoms. The first-order valence-electron chi connectivity index (χ1n) is 11.6. The molecule has 0 spiro atoms. The van der Waals surface area contributed by atoms with Crippen LogP contribution < -0.4 is 16.4 Å². The largest absolute Gasteiger partial charge is 0.481 e. The van der Waals surface area contributed by atoms with E-state index >= 15 is 0 Å². The molecule has 6 atom stereocenters. The lowest BCUT2D eigenvalue weighted by molar-refractivity contribution is -0.146. The lowest BCUT2D eigenvalue weighted by Gasteiger charge is -2.31. The Morgan fingerprint density at radius 2 is 1.64 bits per heavy atom. The second-order valence-electron chi connectivity index (χ2n) is 8.80. The van der Waals surface area contributed by atoms with Gasteiger partial charge in [-0.2, -0.15) is 0 Å². The Morgan fingerprint density at radius 3 is 2.15 bits per heavy atom. The van der Waals surface area contributed by atoms with Crippen molar-refractivity contribution in [3.05, 3.63) is 0 Å². The molecule has 1 saturated heterocycles. The van der Waals surface area contributed by atoms with Crippen LogP contribution in [-0.2, 0) is 24.0 Å². The van der Waals surface area contributed by atoms with Crippen molar-refractivity contribution in [2.45, 2.75) is 90.4 Å². The summed E-state index contributed by atoms with van der Waals surface area (Å²) >= 11 is 0. The number of hydrogen-bond donors (Lipinski definition) is 5. The summed E-state index contributed by atoms with van der Waals surface area (Å²) in [5, 5.41) is 23.6. The van der Waals surface area contributed by atoms with Crippen LogP contribution in [0.3, 0.4) is 0 Å². The van der Waals surface area contributed by atoms with Gasteiger partial charge in [-0.25, -0.2) is 4.79 Å². The number of carbonyl (C=O) groups is 5. The topological polar surface area (TPSA) is 179 Å². The summed E-state index contributed by atoms with van der Waals surface area (Å²) in [5.41, 5.74) is 5.96. The molecule has 0 aromatic heterocycles. The van der Waals surface area contributed by atoms with Gasteiger partial charge in [0.05, 0.1) is 6.04 Å². The van der Waals surface area contributed by atoms with Gasteiger partial charge in [0, 0.05) is 13.0 Å². The smallest absolute Gasteiger partial charge is 0.326 e. The highest BCUT2D eigenvalue weighted by Crippen LogP contribution is 2.21. The number of amides is 3. The Labute approximate surface area is 194 Å². The van der Waals surface area contributed by atoms with Crippen molar-refractivity contribution < 1.29 is 34.2 Å². The van der Waals surface area contributed by atoms with Crippen molar-refractivity contribution >= 4 is 29.7 Å². The molecule has 6 N–H and O–H groups in total. The van der Waals surface area contributed by atoms with Crippen molar-refractivity contribution in [2.24, 2.45) is 17.6 Å². The SMILES string of the molecule is CCC(C)C(N)C(=O)NC(CCC(=O)O)C(=O)N1CCCC1C(=O)NC(C(=O)O)C(C)CC. The average molecular weight is 471 g/mol. The summed E-state index contributed by atoms with van der Waals surface area (Å²) < 4.78 is 0. The quantitative estimate of drug-likeness (QED) is 0.255. The highest BCUT2D eigenvalue weighted by molar-refractivity contribution is 5.94. The standard InChI is InChI=1S/C22H38N4O7/c1-5-12(3)17(23)20(30)24-14(9-10-16(27)28)21(31)26-11-7-8-15(26)19(29)25-18(22(32)33)13(4)6-2/h12-15,17-18H,5-11,23H2,1-4H3,(H,24,30)(H,25,29)(H,27,28)(H,32,33). The van der Waals surface area contributed by atoms with Gasteiger partial charge in [0.1, 0.15) is 18.1 Å². The van der Waals surface area contributed by atoms with Crippen LogP contribution in [0.2, 0.25) is 0 Å². The molecule has 33 heavy (non-hydrogen) atoms. The minimum Gasteiger partial charge on any atom is -0.481 e. The van der Waals surface area contributed by atoms with Crippen LogP contribution in [0.5, 0.6) is 0 Å². The maximum Gasteiger partial charge on any atom is 0.326 e. The zero-order chi connectivity index (χ0) is 25.3. The van der Waals surface area contributed by atoms with Crippen LogP contribution in [0.1, 0.15) is 66.2 Å². The van der Waals surface area contributed by atoms with Gasteiger partial charge in [0.2, 0.25) is 17.7 Å². The molecule has 0 aliphatic carbocycles. The van der Waals surface area contributed by atoms with Crippen LogP contribution in [0.25, 0.3) is 0 Å². The van der Waals surface area contributed by atoms with Crippen LogP contribution in [0.4, 0.5) is 0 Å². The Balaban J connectivity index is 3.02. The molecule has 0 radical (unpaired) electrons. The zero-order valence-corrected chi connectivity index (χ0v) is 19.9. The van der Waals surface area contributed by atoms with Crippen LogP contribution in [0.15, 0.2) is 0 Å². The Morgan fingerprint density at radius 1 is 1.03 bits per heavy atom. The van der Waals surface area contributed by atoms with Crippen LogP contribution in [-0.4, -0.2) is 75.5 Å². The molecule has 1 rings (SSSR count). The third-order valence-electron chi connectivity index (χ3n) is 6.44. The number of nitrogens with two attached hydrogens (primary N) is 1. The fourth-order valence-corrected chi connectivity index (χ4v) is 3.74. The molecule has 3 amide bonds. The summed E-state index contributed by atoms with van der Waals surface area (Å²) in [7, 11) is 0. The molecule has 11 nitrogen and oxygen atoms in total. The van der Waals surface area contributed by atoms with E-state index in [4.69, 9.17) is 10.8 Å². The van der Waals surface area contributed by atoms with E-state index in [1.54, 1.807) is 13.8 Å². The second-order valence-corrected chi connectivity index (χ2v) is 8.80. The van der Waals surface area contributed by atoms with E-state index in [1.807, 2.05) is 13.8 Å². The van der Waals surface area contributed by atoms with Crippen molar-refractivity contribution in [2.75, 3.05) is 6.54 Å². The molecule has 0 aromatic rings. The van der Waals surface area contributed by atoms with Crippen molar-refractivity contribution in [1.82, 2.24) is 15.5 Å². The van der Waals surface area contributed by atoms with E-state index in [0.717, 1.165) is 0 Å². The maximum absolute atomic E-state index is 13.3. The molecule has 0 bridgehead atoms. The number of aliphatic carboxylic acids is 2. The fraction of sp³-hybridized carbons (Fsp3) is 0.773. The predicted molar refractivity (Wildman–Crippen MR) is 120 cm³/mol. The summed E-state index contributed by atoms with van der Waals surface area (Å²) in [5.74, 6) is -4.43. The predicted octanol–water partition coefficient (Wildman–Crippen LogP) is 0.316. The summed E-state index contributed by atoms with van der Waals surface area (Å²) in [6.07, 6.45) is 1.56. The number of hydrogen-bond acceptors (Lipinski definition) is 6. The van der Waals surface area contributed by atoms with E-state index in [9.17, 15) is 29.1 Å². The van der Waals surface area contributed by atoms with Crippen LogP contribution in [0, 0.1) is 11.8 Å². The third-order valence-corrected chi connectivity index (χ3v) is 6.44. The highest BCUT2D eigenvalue weighted by Gasteiger charge is 2.40. The highest BCUT2D eigenvalue weighted by atomic mass is 16.4. The molecule has 1 heterocycles. The van der Waals surface area contributed by atoms with E-state index in [1.165, 1.54) is 4.90 Å². The number of carbonyl (C=O) groups excluding carboxylic acids is 3. The Kier molecular flexibility index (Phi) is 11.3. The van der Waals surface area contributed by atoms with Gasteiger partial charge in [0.25, 0.3) is 0 Å². The maximum atomic E-state index is 13.3. The fourth-order valence-electron chi connectivity index (χ4n) is 3.74. The summed E-state index contributed by atoms with van der Waals surface area (Å²) in [6, 6.07) is -3.99. The lowest BCUT2D eigenvalue weighted by Crippen LogP contribution is -2.57. The Hall–Kier alpha value is -2.69. The minimum atomic E-state index is -1.15. The van der Waals surface area contributed by atoms with Crippen molar-refractivity contribution in [3.63, 3.8) is 0 Å². The number of likely N-dealkylation sites (tertiary alicyclic amines) is 1. The van der Waals surface area contributed by atoms with Crippen molar-refractivity contribution in [1.29, 1.82) is 0 Å². The van der Waals surface area contributed by atoms with Crippen LogP contribution >= 0.6 is 0 Å². The van der Waals surface area contributed by atoms with E-state index in [0.29, 0.717) is 25.7 Å². The number of rotatable bonds is 13. The van der Waals surface area contributed by atoms with Gasteiger partial charge < -0.3 is 31.5 Å².